The molecule has 1 amide bonds. The summed E-state index contributed by atoms with van der Waals surface area (Å²) in [5, 5.41) is 3.11. The van der Waals surface area contributed by atoms with E-state index in [0.717, 1.165) is 42.7 Å². The number of benzene rings is 1. The van der Waals surface area contributed by atoms with Crippen LogP contribution in [0, 0.1) is 0 Å². The van der Waals surface area contributed by atoms with Gasteiger partial charge in [0.05, 0.1) is 17.1 Å². The van der Waals surface area contributed by atoms with Gasteiger partial charge in [0, 0.05) is 13.2 Å². The largest absolute Gasteiger partial charge is 0.368 e. The van der Waals surface area contributed by atoms with Gasteiger partial charge in [-0.1, -0.05) is 51.2 Å². The summed E-state index contributed by atoms with van der Waals surface area (Å²) in [5.41, 5.74) is 2.15. The van der Waals surface area contributed by atoms with E-state index in [-0.39, 0.29) is 18.1 Å². The number of hydrogen-bond donors (Lipinski definition) is 1. The van der Waals surface area contributed by atoms with Gasteiger partial charge in [-0.25, -0.2) is 4.98 Å². The molecule has 0 aliphatic carbocycles. The van der Waals surface area contributed by atoms with Gasteiger partial charge in [0.25, 0.3) is 0 Å². The van der Waals surface area contributed by atoms with Gasteiger partial charge in [-0.15, -0.1) is 0 Å². The Kier molecular flexibility index (Phi) is 7.27. The number of unbranched alkanes of at least 4 members (excludes halogenated alkanes) is 5. The fraction of sp³-hybridized carbons (Fsp3) is 0.636. The number of carbonyl (C=O) groups is 1. The highest BCUT2D eigenvalue weighted by atomic mass is 16.5. The van der Waals surface area contributed by atoms with Gasteiger partial charge in [-0.3, -0.25) is 4.79 Å². The molecule has 5 heteroatoms. The van der Waals surface area contributed by atoms with Crippen molar-refractivity contribution in [1.82, 2.24) is 14.9 Å². The third-order valence-electron chi connectivity index (χ3n) is 5.39. The lowest BCUT2D eigenvalue weighted by atomic mass is 10.1. The number of nitrogens with zero attached hydrogens (tertiary/aromatic N) is 2. The summed E-state index contributed by atoms with van der Waals surface area (Å²) in [7, 11) is 0. The molecule has 148 valence electrons. The Hall–Kier alpha value is -1.88. The summed E-state index contributed by atoms with van der Waals surface area (Å²) in [6.45, 7) is 5.90. The first kappa shape index (κ1) is 19.9. The Balaban J connectivity index is 1.68. The molecule has 5 nitrogen and oxygen atoms in total. The predicted molar refractivity (Wildman–Crippen MR) is 109 cm³/mol. The molecule has 1 aromatic heterocycles. The van der Waals surface area contributed by atoms with E-state index >= 15 is 0 Å². The van der Waals surface area contributed by atoms with E-state index in [1.165, 1.54) is 32.1 Å². The van der Waals surface area contributed by atoms with Crippen LogP contribution >= 0.6 is 0 Å². The van der Waals surface area contributed by atoms with Crippen LogP contribution in [-0.2, 0) is 16.1 Å². The highest BCUT2D eigenvalue weighted by Gasteiger charge is 2.26. The zero-order valence-corrected chi connectivity index (χ0v) is 16.7. The summed E-state index contributed by atoms with van der Waals surface area (Å²) < 4.78 is 7.80. The summed E-state index contributed by atoms with van der Waals surface area (Å²) >= 11 is 0. The number of amides is 1. The van der Waals surface area contributed by atoms with Crippen LogP contribution in [0.3, 0.4) is 0 Å². The van der Waals surface area contributed by atoms with Gasteiger partial charge in [-0.05, 0) is 38.3 Å². The van der Waals surface area contributed by atoms with Crippen molar-refractivity contribution in [2.75, 3.05) is 6.61 Å². The van der Waals surface area contributed by atoms with Gasteiger partial charge in [-0.2, -0.15) is 0 Å². The molecule has 2 unspecified atom stereocenters. The van der Waals surface area contributed by atoms with E-state index in [9.17, 15) is 4.79 Å². The molecule has 0 radical (unpaired) electrons. The maximum Gasteiger partial charge on any atom is 0.249 e. The minimum Gasteiger partial charge on any atom is -0.368 e. The van der Waals surface area contributed by atoms with Crippen molar-refractivity contribution < 1.29 is 9.53 Å². The van der Waals surface area contributed by atoms with Gasteiger partial charge in [0.1, 0.15) is 11.9 Å². The Morgan fingerprint density at radius 1 is 1.26 bits per heavy atom. The average molecular weight is 372 g/mol. The number of carbonyl (C=O) groups excluding carboxylic acids is 1. The van der Waals surface area contributed by atoms with Crippen LogP contribution in [0.4, 0.5) is 0 Å². The molecule has 1 aliphatic heterocycles. The normalized spacial score (nSPS) is 18.1. The number of para-hydroxylation sites is 2. The summed E-state index contributed by atoms with van der Waals surface area (Å²) in [6, 6.07) is 8.11. The summed E-state index contributed by atoms with van der Waals surface area (Å²) in [5.74, 6) is 0.925. The highest BCUT2D eigenvalue weighted by Crippen LogP contribution is 2.23. The van der Waals surface area contributed by atoms with E-state index in [1.54, 1.807) is 0 Å². The first-order valence-electron chi connectivity index (χ1n) is 10.6. The van der Waals surface area contributed by atoms with Gasteiger partial charge >= 0.3 is 0 Å². The molecule has 1 aromatic carbocycles. The van der Waals surface area contributed by atoms with Crippen molar-refractivity contribution in [3.8, 4) is 0 Å². The van der Waals surface area contributed by atoms with Crippen LogP contribution in [0.25, 0.3) is 11.0 Å². The van der Waals surface area contributed by atoms with E-state index < -0.39 is 0 Å². The molecule has 2 aromatic rings. The fourth-order valence-electron chi connectivity index (χ4n) is 3.87. The quantitative estimate of drug-likeness (QED) is 0.613. The van der Waals surface area contributed by atoms with Crippen molar-refractivity contribution in [1.29, 1.82) is 0 Å². The molecule has 0 saturated carbocycles. The number of hydrogen-bond acceptors (Lipinski definition) is 3. The molecule has 1 fully saturated rings. The number of aromatic nitrogens is 2. The first-order chi connectivity index (χ1) is 13.2. The van der Waals surface area contributed by atoms with Crippen molar-refractivity contribution in [3.63, 3.8) is 0 Å². The monoisotopic (exact) mass is 371 g/mol. The topological polar surface area (TPSA) is 56.2 Å². The van der Waals surface area contributed by atoms with Gasteiger partial charge < -0.3 is 14.6 Å². The molecule has 1 aliphatic rings. The van der Waals surface area contributed by atoms with E-state index in [2.05, 4.69) is 28.9 Å². The zero-order valence-electron chi connectivity index (χ0n) is 16.7. The van der Waals surface area contributed by atoms with Crippen LogP contribution < -0.4 is 5.32 Å². The number of aryl methyl sites for hydroxylation is 1. The van der Waals surface area contributed by atoms with Crippen LogP contribution in [0.5, 0.6) is 0 Å². The van der Waals surface area contributed by atoms with Crippen molar-refractivity contribution in [3.05, 3.63) is 30.1 Å². The first-order valence-corrected chi connectivity index (χ1v) is 10.6. The number of nitrogens with one attached hydrogen (secondary N) is 1. The number of rotatable bonds is 10. The van der Waals surface area contributed by atoms with Crippen molar-refractivity contribution in [2.45, 2.75) is 83.9 Å². The standard InChI is InChI=1S/C22H33N3O2/c1-3-4-5-6-7-10-15-25-19-13-9-8-12-18(19)24-21(25)17(2)23-22(26)20-14-11-16-27-20/h8-9,12-13,17,20H,3-7,10-11,14-16H2,1-2H3,(H,23,26). The van der Waals surface area contributed by atoms with Crippen LogP contribution in [0.15, 0.2) is 24.3 Å². The zero-order chi connectivity index (χ0) is 19.1. The Morgan fingerprint density at radius 3 is 2.81 bits per heavy atom. The third kappa shape index (κ3) is 5.10. The van der Waals surface area contributed by atoms with Crippen LogP contribution in [0.2, 0.25) is 0 Å². The molecule has 3 rings (SSSR count). The lowest BCUT2D eigenvalue weighted by Gasteiger charge is -2.18. The molecular weight excluding hydrogens is 338 g/mol. The summed E-state index contributed by atoms with van der Waals surface area (Å²) in [6.07, 6.45) is 9.07. The van der Waals surface area contributed by atoms with Gasteiger partial charge in [0.15, 0.2) is 0 Å². The molecule has 2 heterocycles. The van der Waals surface area contributed by atoms with Crippen molar-refractivity contribution in [2.24, 2.45) is 0 Å². The highest BCUT2D eigenvalue weighted by molar-refractivity contribution is 5.81. The van der Waals surface area contributed by atoms with E-state index in [0.29, 0.717) is 6.61 Å². The lowest BCUT2D eigenvalue weighted by molar-refractivity contribution is -0.130. The Morgan fingerprint density at radius 2 is 2.04 bits per heavy atom. The smallest absolute Gasteiger partial charge is 0.249 e. The average Bonchev–Trinajstić information content (AvgIpc) is 3.33. The molecule has 27 heavy (non-hydrogen) atoms. The Labute approximate surface area is 162 Å². The molecule has 1 saturated heterocycles. The number of imidazole rings is 1. The Bertz CT molecular complexity index is 734. The lowest BCUT2D eigenvalue weighted by Crippen LogP contribution is -2.36. The van der Waals surface area contributed by atoms with E-state index in [4.69, 9.17) is 9.72 Å². The molecule has 2 atom stereocenters. The minimum atomic E-state index is -0.302. The SMILES string of the molecule is CCCCCCCCn1c(C(C)NC(=O)C2CCCO2)nc2ccccc21. The molecule has 0 spiro atoms. The summed E-state index contributed by atoms with van der Waals surface area (Å²) in [4.78, 5) is 17.3. The number of fused-ring (bicyclic) bond motifs is 1. The maximum absolute atomic E-state index is 12.4. The minimum absolute atomic E-state index is 0.0156. The predicted octanol–water partition coefficient (Wildman–Crippen LogP) is 4.75. The van der Waals surface area contributed by atoms with Crippen LogP contribution in [-0.4, -0.2) is 28.2 Å². The van der Waals surface area contributed by atoms with Crippen LogP contribution in [0.1, 0.15) is 77.1 Å². The third-order valence-corrected chi connectivity index (χ3v) is 5.39. The molecule has 1 N–H and O–H groups in total. The van der Waals surface area contributed by atoms with E-state index in [1.807, 2.05) is 19.1 Å². The number of ether oxygens (including phenoxy) is 1. The second-order valence-corrected chi connectivity index (χ2v) is 7.61. The molecular formula is C22H33N3O2. The maximum atomic E-state index is 12.4. The fourth-order valence-corrected chi connectivity index (χ4v) is 3.87. The second-order valence-electron chi connectivity index (χ2n) is 7.61. The van der Waals surface area contributed by atoms with Crippen molar-refractivity contribution >= 4 is 16.9 Å². The second kappa shape index (κ2) is 9.88. The van der Waals surface area contributed by atoms with Gasteiger partial charge in [0.2, 0.25) is 5.91 Å². The molecule has 0 bridgehead atoms.